The van der Waals surface area contributed by atoms with Gasteiger partial charge in [0, 0.05) is 12.1 Å². The molecule has 2 heterocycles. The quantitative estimate of drug-likeness (QED) is 0.809. The van der Waals surface area contributed by atoms with Crippen molar-refractivity contribution in [3.05, 3.63) is 0 Å². The molecule has 3 unspecified atom stereocenters. The van der Waals surface area contributed by atoms with Crippen molar-refractivity contribution >= 4 is 5.97 Å². The molecule has 4 heteroatoms. The molecule has 4 nitrogen and oxygen atoms in total. The van der Waals surface area contributed by atoms with E-state index in [4.69, 9.17) is 4.74 Å². The van der Waals surface area contributed by atoms with Crippen LogP contribution in [0.1, 0.15) is 57.8 Å². The van der Waals surface area contributed by atoms with Gasteiger partial charge in [0.25, 0.3) is 0 Å². The van der Waals surface area contributed by atoms with Crippen molar-refractivity contribution in [2.24, 2.45) is 11.8 Å². The van der Waals surface area contributed by atoms with E-state index in [-0.39, 0.29) is 24.6 Å². The van der Waals surface area contributed by atoms with Crippen LogP contribution < -0.4 is 0 Å². The van der Waals surface area contributed by atoms with Crippen molar-refractivity contribution in [2.45, 2.75) is 76.0 Å². The van der Waals surface area contributed by atoms with E-state index in [2.05, 4.69) is 11.9 Å². The molecule has 0 aromatic rings. The maximum Gasteiger partial charge on any atom is 0.311 e. The minimum Gasteiger partial charge on any atom is -0.462 e. The SMILES string of the molecule is CN1C2CCC1CC(OC(=O)C(CO)C1CCCCC1)C2. The molecule has 1 aliphatic carbocycles. The second-order valence-corrected chi connectivity index (χ2v) is 7.27. The normalized spacial score (nSPS) is 35.6. The summed E-state index contributed by atoms with van der Waals surface area (Å²) in [7, 11) is 2.19. The Hall–Kier alpha value is -0.610. The van der Waals surface area contributed by atoms with Gasteiger partial charge in [-0.15, -0.1) is 0 Å². The van der Waals surface area contributed by atoms with Gasteiger partial charge in [0.15, 0.2) is 0 Å². The van der Waals surface area contributed by atoms with Gasteiger partial charge >= 0.3 is 5.97 Å². The summed E-state index contributed by atoms with van der Waals surface area (Å²) >= 11 is 0. The summed E-state index contributed by atoms with van der Waals surface area (Å²) in [5.41, 5.74) is 0. The smallest absolute Gasteiger partial charge is 0.311 e. The van der Waals surface area contributed by atoms with Crippen LogP contribution in [-0.2, 0) is 9.53 Å². The van der Waals surface area contributed by atoms with Crippen LogP contribution in [0, 0.1) is 11.8 Å². The highest BCUT2D eigenvalue weighted by Crippen LogP contribution is 2.36. The first-order valence-electron chi connectivity index (χ1n) is 8.72. The molecule has 1 N–H and O–H groups in total. The van der Waals surface area contributed by atoms with Crippen molar-refractivity contribution in [2.75, 3.05) is 13.7 Å². The third-order valence-corrected chi connectivity index (χ3v) is 6.06. The summed E-state index contributed by atoms with van der Waals surface area (Å²) in [4.78, 5) is 14.9. The topological polar surface area (TPSA) is 49.8 Å². The maximum absolute atomic E-state index is 12.5. The number of carbonyl (C=O) groups is 1. The average molecular weight is 295 g/mol. The highest BCUT2D eigenvalue weighted by atomic mass is 16.5. The molecule has 3 aliphatic rings. The lowest BCUT2D eigenvalue weighted by molar-refractivity contribution is -0.161. The fourth-order valence-electron chi connectivity index (χ4n) is 4.66. The van der Waals surface area contributed by atoms with Gasteiger partial charge in [0.2, 0.25) is 0 Å². The van der Waals surface area contributed by atoms with Crippen molar-refractivity contribution in [1.29, 1.82) is 0 Å². The Bertz CT molecular complexity index is 353. The molecule has 3 rings (SSSR count). The molecule has 0 aromatic heterocycles. The molecule has 0 aromatic carbocycles. The number of hydrogen-bond donors (Lipinski definition) is 1. The van der Waals surface area contributed by atoms with Crippen LogP contribution in [0.2, 0.25) is 0 Å². The van der Waals surface area contributed by atoms with Crippen LogP contribution in [-0.4, -0.2) is 47.8 Å². The monoisotopic (exact) mass is 295 g/mol. The highest BCUT2D eigenvalue weighted by Gasteiger charge is 2.41. The third-order valence-electron chi connectivity index (χ3n) is 6.06. The van der Waals surface area contributed by atoms with Gasteiger partial charge in [0.1, 0.15) is 6.10 Å². The Morgan fingerprint density at radius 3 is 2.33 bits per heavy atom. The van der Waals surface area contributed by atoms with Gasteiger partial charge in [-0.1, -0.05) is 19.3 Å². The van der Waals surface area contributed by atoms with Gasteiger partial charge < -0.3 is 14.7 Å². The van der Waals surface area contributed by atoms with E-state index in [1.54, 1.807) is 0 Å². The maximum atomic E-state index is 12.5. The lowest BCUT2D eigenvalue weighted by atomic mass is 9.80. The Kier molecular flexibility index (Phi) is 4.85. The lowest BCUT2D eigenvalue weighted by Gasteiger charge is -2.37. The number of fused-ring (bicyclic) bond motifs is 2. The summed E-state index contributed by atoms with van der Waals surface area (Å²) in [6, 6.07) is 1.17. The van der Waals surface area contributed by atoms with E-state index >= 15 is 0 Å². The van der Waals surface area contributed by atoms with E-state index in [1.807, 2.05) is 0 Å². The third kappa shape index (κ3) is 3.26. The Labute approximate surface area is 127 Å². The Morgan fingerprint density at radius 1 is 1.14 bits per heavy atom. The zero-order valence-electron chi connectivity index (χ0n) is 13.2. The number of esters is 1. The number of rotatable bonds is 4. The summed E-state index contributed by atoms with van der Waals surface area (Å²) in [5.74, 6) is -0.0970. The summed E-state index contributed by atoms with van der Waals surface area (Å²) in [6.07, 6.45) is 10.3. The molecule has 0 radical (unpaired) electrons. The van der Waals surface area contributed by atoms with Crippen LogP contribution in [0.4, 0.5) is 0 Å². The molecule has 2 saturated heterocycles. The fourth-order valence-corrected chi connectivity index (χ4v) is 4.66. The van der Waals surface area contributed by atoms with Gasteiger partial charge in [0.05, 0.1) is 12.5 Å². The summed E-state index contributed by atoms with van der Waals surface area (Å²) in [6.45, 7) is -0.0526. The first-order valence-corrected chi connectivity index (χ1v) is 8.72. The van der Waals surface area contributed by atoms with E-state index in [0.717, 1.165) is 25.7 Å². The van der Waals surface area contributed by atoms with Crippen LogP contribution in [0.25, 0.3) is 0 Å². The average Bonchev–Trinajstić information content (AvgIpc) is 2.72. The molecular weight excluding hydrogens is 266 g/mol. The van der Waals surface area contributed by atoms with Crippen LogP contribution in [0.3, 0.4) is 0 Å². The first-order chi connectivity index (χ1) is 10.2. The minimum absolute atomic E-state index is 0.0526. The predicted octanol–water partition coefficient (Wildman–Crippen LogP) is 2.34. The van der Waals surface area contributed by atoms with E-state index in [0.29, 0.717) is 18.0 Å². The minimum atomic E-state index is -0.289. The fraction of sp³-hybridized carbons (Fsp3) is 0.941. The van der Waals surface area contributed by atoms with Gasteiger partial charge in [-0.2, -0.15) is 0 Å². The summed E-state index contributed by atoms with van der Waals surface area (Å²) < 4.78 is 5.80. The van der Waals surface area contributed by atoms with Crippen LogP contribution in [0.15, 0.2) is 0 Å². The molecule has 2 bridgehead atoms. The Morgan fingerprint density at radius 2 is 1.76 bits per heavy atom. The summed E-state index contributed by atoms with van der Waals surface area (Å²) in [5, 5.41) is 9.63. The molecule has 0 amide bonds. The zero-order chi connectivity index (χ0) is 14.8. The van der Waals surface area contributed by atoms with Crippen LogP contribution >= 0.6 is 0 Å². The first kappa shape index (κ1) is 15.3. The van der Waals surface area contributed by atoms with E-state index < -0.39 is 0 Å². The van der Waals surface area contributed by atoms with Crippen molar-refractivity contribution < 1.29 is 14.6 Å². The molecule has 21 heavy (non-hydrogen) atoms. The van der Waals surface area contributed by atoms with E-state index in [1.165, 1.54) is 32.1 Å². The number of piperidine rings is 1. The number of ether oxygens (including phenoxy) is 1. The number of nitrogens with zero attached hydrogens (tertiary/aromatic N) is 1. The highest BCUT2D eigenvalue weighted by molar-refractivity contribution is 5.73. The van der Waals surface area contributed by atoms with Crippen LogP contribution in [0.5, 0.6) is 0 Å². The number of hydrogen-bond acceptors (Lipinski definition) is 4. The predicted molar refractivity (Wildman–Crippen MR) is 80.8 cm³/mol. The molecular formula is C17H29NO3. The number of aliphatic hydroxyl groups is 1. The second-order valence-electron chi connectivity index (χ2n) is 7.27. The molecule has 120 valence electrons. The standard InChI is InChI=1S/C17H29NO3/c1-18-13-7-8-14(18)10-15(9-13)21-17(20)16(11-19)12-5-3-2-4-6-12/h12-16,19H,2-11H2,1H3. The van der Waals surface area contributed by atoms with Gasteiger partial charge in [-0.3, -0.25) is 4.79 Å². The molecule has 3 fully saturated rings. The van der Waals surface area contributed by atoms with Crippen molar-refractivity contribution in [3.63, 3.8) is 0 Å². The number of carbonyl (C=O) groups excluding carboxylic acids is 1. The number of aliphatic hydroxyl groups excluding tert-OH is 1. The zero-order valence-corrected chi connectivity index (χ0v) is 13.2. The largest absolute Gasteiger partial charge is 0.462 e. The Balaban J connectivity index is 1.55. The molecule has 0 spiro atoms. The van der Waals surface area contributed by atoms with E-state index in [9.17, 15) is 9.90 Å². The lowest BCUT2D eigenvalue weighted by Crippen LogP contribution is -2.44. The molecule has 1 saturated carbocycles. The van der Waals surface area contributed by atoms with Gasteiger partial charge in [-0.05, 0) is 51.5 Å². The molecule has 2 aliphatic heterocycles. The second kappa shape index (κ2) is 6.66. The van der Waals surface area contributed by atoms with Gasteiger partial charge in [-0.25, -0.2) is 0 Å². The molecule has 3 atom stereocenters. The van der Waals surface area contributed by atoms with Crippen molar-refractivity contribution in [1.82, 2.24) is 4.90 Å². The van der Waals surface area contributed by atoms with Crippen molar-refractivity contribution in [3.8, 4) is 0 Å².